The first kappa shape index (κ1) is 1.88. The maximum absolute atomic E-state index is 7.01. The SMILES string of the molecule is [2H]P(B)P([2H])P[3H]. The minimum absolute atomic E-state index is 0.0653. The minimum atomic E-state index is -0.961. The second-order valence-corrected chi connectivity index (χ2v) is 4.50. The van der Waals surface area contributed by atoms with E-state index in [2.05, 4.69) is 0 Å². The molecule has 0 fully saturated rings. The summed E-state index contributed by atoms with van der Waals surface area (Å²) in [5.41, 5.74) is 0. The molecule has 0 saturated heterocycles. The van der Waals surface area contributed by atoms with Crippen molar-refractivity contribution in [1.29, 1.82) is 3.84 Å². The van der Waals surface area contributed by atoms with E-state index < -0.39 is 16.0 Å². The van der Waals surface area contributed by atoms with Gasteiger partial charge in [0.25, 0.3) is 0 Å². The highest BCUT2D eigenvalue weighted by molar-refractivity contribution is 8.44. The van der Waals surface area contributed by atoms with E-state index in [4.69, 9.17) is 3.84 Å². The van der Waals surface area contributed by atoms with Crippen LogP contribution in [0, 0.1) is 0 Å². The first-order valence-electron chi connectivity index (χ1n) is 2.27. The molecule has 4 heteroatoms. The molecule has 0 spiro atoms. The highest BCUT2D eigenvalue weighted by Gasteiger charge is 1.55. The zero-order valence-electron chi connectivity index (χ0n) is 5.39. The van der Waals surface area contributed by atoms with Gasteiger partial charge >= 0.3 is 0 Å². The Morgan fingerprint density at radius 3 is 3.50 bits per heavy atom. The van der Waals surface area contributed by atoms with Gasteiger partial charge in [-0.2, -0.15) is 0 Å². The van der Waals surface area contributed by atoms with Crippen molar-refractivity contribution in [2.45, 2.75) is 0 Å². The van der Waals surface area contributed by atoms with E-state index >= 15 is 0 Å². The zero-order chi connectivity index (χ0) is 5.86. The molecule has 0 aliphatic carbocycles. The van der Waals surface area contributed by atoms with Crippen LogP contribution in [0.25, 0.3) is 0 Å². The summed E-state index contributed by atoms with van der Waals surface area (Å²) in [7, 11) is -0.150. The molecule has 0 aromatic carbocycles. The van der Waals surface area contributed by atoms with Crippen molar-refractivity contribution in [1.82, 2.24) is 0 Å². The van der Waals surface area contributed by atoms with Gasteiger partial charge < -0.3 is 0 Å². The maximum atomic E-state index is 7.01. The summed E-state index contributed by atoms with van der Waals surface area (Å²) in [4.78, 5) is 0. The number of hydrogen-bond acceptors (Lipinski definition) is 0. The van der Waals surface area contributed by atoms with E-state index in [1.807, 2.05) is 0 Å². The molecule has 3 unspecified atom stereocenters. The Morgan fingerprint density at radius 2 is 3.50 bits per heavy atom. The molecule has 3 atom stereocenters. The van der Waals surface area contributed by atoms with Crippen molar-refractivity contribution in [2.24, 2.45) is 0 Å². The normalized spacial score (nSPS) is 36.5. The first-order valence-corrected chi connectivity index (χ1v) is 5.15. The lowest BCUT2D eigenvalue weighted by atomic mass is 10.8. The Hall–Kier alpha value is 1.35. The predicted octanol–water partition coefficient (Wildman–Crippen LogP) is 0.597. The van der Waals surface area contributed by atoms with Crippen molar-refractivity contribution in [3.05, 3.63) is 0 Å². The monoisotopic (exact) mass is 114 g/mol. The third-order valence-electron chi connectivity index (χ3n) is 0.100. The van der Waals surface area contributed by atoms with Crippen LogP contribution in [-0.2, 0) is 0 Å². The van der Waals surface area contributed by atoms with Gasteiger partial charge in [0.15, 0.2) is 0 Å². The Bertz CT molecular complexity index is 47.4. The molecular weight excluding hydrogens is 104 g/mol. The fourth-order valence-electron chi connectivity index (χ4n) is 0. The summed E-state index contributed by atoms with van der Waals surface area (Å²) < 4.78 is 20.7. The van der Waals surface area contributed by atoms with Gasteiger partial charge in [-0.05, 0) is 0 Å². The van der Waals surface area contributed by atoms with E-state index in [-0.39, 0.29) is 8.87 Å². The van der Waals surface area contributed by atoms with Crippen LogP contribution in [-0.4, -0.2) is 11.4 Å². The molecular formula is H6BP3. The van der Waals surface area contributed by atoms with Crippen LogP contribution < -0.4 is 0 Å². The summed E-state index contributed by atoms with van der Waals surface area (Å²) in [6.45, 7) is 0. The van der Waals surface area contributed by atoms with Gasteiger partial charge in [0.2, 0.25) is 0 Å². The molecule has 0 nitrogen and oxygen atoms in total. The van der Waals surface area contributed by atoms with E-state index in [0.29, 0.717) is 0 Å². The van der Waals surface area contributed by atoms with Crippen LogP contribution >= 0.6 is 24.9 Å². The summed E-state index contributed by atoms with van der Waals surface area (Å²) >= 11 is 0. The molecule has 0 amide bonds. The molecule has 0 bridgehead atoms. The van der Waals surface area contributed by atoms with Gasteiger partial charge in [0.1, 0.15) is 7.57 Å². The predicted molar refractivity (Wildman–Crippen MR) is 34.9 cm³/mol. The summed E-state index contributed by atoms with van der Waals surface area (Å²) in [5, 5.41) is 0. The van der Waals surface area contributed by atoms with Gasteiger partial charge in [-0.15, -0.1) is 17.0 Å². The lowest BCUT2D eigenvalue weighted by molar-refractivity contribution is 4.96. The van der Waals surface area contributed by atoms with Crippen molar-refractivity contribution >= 4 is 32.4 Å². The molecule has 0 aromatic heterocycles. The van der Waals surface area contributed by atoms with Crippen molar-refractivity contribution in [2.75, 3.05) is 0 Å². The van der Waals surface area contributed by atoms with Gasteiger partial charge in [0.05, 0.1) is 3.84 Å². The van der Waals surface area contributed by atoms with E-state index in [0.717, 1.165) is 0 Å². The van der Waals surface area contributed by atoms with E-state index in [1.165, 1.54) is 0 Å². The number of hydrogen-bond donors (Lipinski definition) is 0. The molecule has 0 heterocycles. The van der Waals surface area contributed by atoms with Crippen molar-refractivity contribution < 1.29 is 0 Å². The van der Waals surface area contributed by atoms with Gasteiger partial charge in [-0.1, -0.05) is 7.90 Å². The Labute approximate surface area is 37.3 Å². The average molecular weight is 114 g/mol. The smallest absolute Gasteiger partial charge is 0.135 e. The second-order valence-electron chi connectivity index (χ2n) is 0.300. The van der Waals surface area contributed by atoms with Crippen molar-refractivity contribution in [3.8, 4) is 0 Å². The van der Waals surface area contributed by atoms with Gasteiger partial charge in [-0.25, -0.2) is 0 Å². The largest absolute Gasteiger partial charge is 0.138 e. The molecule has 4 heavy (non-hydrogen) atoms. The number of rotatable bonds is 2. The van der Waals surface area contributed by atoms with Crippen molar-refractivity contribution in [3.63, 3.8) is 0 Å². The van der Waals surface area contributed by atoms with E-state index in [9.17, 15) is 0 Å². The van der Waals surface area contributed by atoms with Gasteiger partial charge in [0, 0.05) is 0 Å². The van der Waals surface area contributed by atoms with Crippen LogP contribution in [0.1, 0.15) is 0 Å². The summed E-state index contributed by atoms with van der Waals surface area (Å²) in [5.74, 6) is 0. The highest BCUT2D eigenvalue weighted by atomic mass is 32.4. The van der Waals surface area contributed by atoms with E-state index in [1.54, 1.807) is 7.57 Å². The van der Waals surface area contributed by atoms with Crippen LogP contribution in [0.2, 0.25) is 0 Å². The summed E-state index contributed by atoms with van der Waals surface area (Å²) in [6.07, 6.45) is 0. The third-order valence-corrected chi connectivity index (χ3v) is 2.70. The second kappa shape index (κ2) is 4.35. The van der Waals surface area contributed by atoms with Crippen LogP contribution in [0.3, 0.4) is 0 Å². The summed E-state index contributed by atoms with van der Waals surface area (Å²) in [6, 6.07) is 0. The fraction of sp³-hybridized carbons (Fsp3) is 0. The minimum Gasteiger partial charge on any atom is -0.138 e. The topological polar surface area (TPSA) is 0 Å². The third kappa shape index (κ3) is 3.35. The molecule has 0 aliphatic rings. The maximum Gasteiger partial charge on any atom is 0.135 e. The Balaban J connectivity index is 3.14. The lowest BCUT2D eigenvalue weighted by Gasteiger charge is -1.70. The standard InChI is InChI=1S/BH6P3/c1-3-4-2/h3-4H,1-2H2/i2T,3D,4D. The van der Waals surface area contributed by atoms with Crippen LogP contribution in [0.15, 0.2) is 0 Å². The Morgan fingerprint density at radius 1 is 2.75 bits per heavy atom. The zero-order valence-corrected chi connectivity index (χ0v) is 5.18. The first-order chi connectivity index (χ1) is 3.18. The highest BCUT2D eigenvalue weighted by Crippen LogP contribution is 2.38. The molecule has 0 radical (unpaired) electrons. The average Bonchev–Trinajstić information content (AvgIpc) is 1.65. The molecule has 0 N–H and O–H groups in total. The molecule has 0 aromatic rings. The van der Waals surface area contributed by atoms with Crippen LogP contribution in [0.4, 0.5) is 0 Å². The lowest BCUT2D eigenvalue weighted by Crippen LogP contribution is -1.13. The molecule has 0 aliphatic heterocycles. The molecule has 24 valence electrons. The fourth-order valence-corrected chi connectivity index (χ4v) is 0. The quantitative estimate of drug-likeness (QED) is 0.364. The van der Waals surface area contributed by atoms with Crippen LogP contribution in [0.5, 0.6) is 0 Å². The van der Waals surface area contributed by atoms with Gasteiger partial charge in [-0.3, -0.25) is 0 Å². The molecule has 0 rings (SSSR count). The Kier molecular flexibility index (Phi) is 2.04. The molecule has 0 saturated carbocycles.